The van der Waals surface area contributed by atoms with E-state index in [1.807, 2.05) is 25.3 Å². The molecule has 0 N–H and O–H groups in total. The molecule has 33 rings (SSSR count). The second-order valence-electron chi connectivity index (χ2n) is 50.3. The molecule has 5 aromatic heterocycles. The summed E-state index contributed by atoms with van der Waals surface area (Å²) >= 11 is 10.3. The number of likely N-dealkylation sites (N-methyl/N-ethyl adjacent to an activating group) is 2. The molecule has 6 saturated heterocycles. The van der Waals surface area contributed by atoms with Crippen molar-refractivity contribution >= 4 is 83.3 Å². The highest BCUT2D eigenvalue weighted by Crippen LogP contribution is 2.71. The highest BCUT2D eigenvalue weighted by Gasteiger charge is 2.69. The number of hydrogen-bond acceptors (Lipinski definition) is 22. The molecule has 11 unspecified atom stereocenters. The summed E-state index contributed by atoms with van der Waals surface area (Å²) in [4.78, 5) is 124. The van der Waals surface area contributed by atoms with Gasteiger partial charge in [0.1, 0.15) is 38.0 Å². The van der Waals surface area contributed by atoms with Gasteiger partial charge in [0.2, 0.25) is 39.0 Å². The standard InChI is InChI=1S/2C25H32BrN5O.C20H29N5O.C19H29N5O.C18H25BrN6O3/c1-18-2-4-19(5-3-18)15-29-6-8-30(9-7-29)22(32)24-11-20-10-21(12-24)14-25(13-20,16-24)31-17-27-23(26)28-31;1-18-3-2-4-19(9-18)15-29-5-7-30(8-6-29)22(32)24-11-20-10-21(12-24)14-25(13-20,16-24)31-17-27-23(26)28-31;26-18(24-5-4-23-3-1-2-17(23)11-24)19-7-15-6-16(8-19)10-20(9-15,12-19)25-14-21-13-22-25;1-2-22-3-5-23(6-4-22)17(25)18-8-15-7-16(9-18)11-19(10-15,12-18)24-14-20-13-21-24;1-22-2-4-23(5-3-22)14(26)17-7-12-6-13(8-17)10-18(9-12,11-17)24-15(19)20-16(21-24)25(27)28/h2-5,17,20-21H,6-16H2,1H3;2-4,9,17,20-21H,5-8,10-16H2,1H3;13-17H,1-12H2;13-16H,2-12H2,1H3;12-13H,2-11H2,1H3. The summed E-state index contributed by atoms with van der Waals surface area (Å²) in [7, 11) is 2.09. The molecular weight excluding hydrogens is 2000 g/mol. The summed E-state index contributed by atoms with van der Waals surface area (Å²) in [5.41, 5.74) is 4.05. The summed E-state index contributed by atoms with van der Waals surface area (Å²) in [6.07, 6.45) is 46.2. The molecule has 0 spiro atoms. The van der Waals surface area contributed by atoms with Crippen LogP contribution in [0.25, 0.3) is 0 Å². The fourth-order valence-corrected chi connectivity index (χ4v) is 37.7. The first-order valence-corrected chi connectivity index (χ1v) is 57.1. The van der Waals surface area contributed by atoms with Crippen molar-refractivity contribution in [2.75, 3.05) is 144 Å². The molecule has 11 atom stereocenters. The van der Waals surface area contributed by atoms with E-state index in [0.717, 1.165) is 285 Å². The van der Waals surface area contributed by atoms with Gasteiger partial charge in [0.25, 0.3) is 4.73 Å². The molecule has 2 aromatic carbocycles. The van der Waals surface area contributed by atoms with Gasteiger partial charge >= 0.3 is 5.95 Å². The molecule has 26 aliphatic rings. The number of nitro groups is 1. The Morgan fingerprint density at radius 3 is 1.13 bits per heavy atom. The zero-order valence-electron chi connectivity index (χ0n) is 84.4. The molecule has 20 aliphatic carbocycles. The van der Waals surface area contributed by atoms with Crippen LogP contribution < -0.4 is 0 Å². The van der Waals surface area contributed by atoms with Crippen LogP contribution in [-0.2, 0) is 64.8 Å². The predicted octanol–water partition coefficient (Wildman–Crippen LogP) is 13.6. The average molecular weight is 2150 g/mol. The van der Waals surface area contributed by atoms with Crippen molar-refractivity contribution in [3.8, 4) is 0 Å². The number of halogens is 3. The Labute approximate surface area is 865 Å². The Bertz CT molecular complexity index is 5780. The van der Waals surface area contributed by atoms with Crippen LogP contribution in [0.2, 0.25) is 0 Å². The number of nitrogens with zero attached hydrogens (tertiary/aromatic N) is 26. The van der Waals surface area contributed by atoms with Crippen molar-refractivity contribution < 1.29 is 28.9 Å². The minimum atomic E-state index is -0.549. The quantitative estimate of drug-likeness (QED) is 0.0641. The summed E-state index contributed by atoms with van der Waals surface area (Å²) in [5.74, 6) is 7.98. The van der Waals surface area contributed by atoms with Crippen LogP contribution >= 0.6 is 47.8 Å². The highest BCUT2D eigenvalue weighted by atomic mass is 79.9. The highest BCUT2D eigenvalue weighted by molar-refractivity contribution is 9.10. The minimum Gasteiger partial charge on any atom is -0.390 e. The number of amides is 5. The number of piperazine rings is 5. The maximum atomic E-state index is 14.0. The third kappa shape index (κ3) is 18.2. The molecule has 5 amide bonds. The molecule has 7 aromatic rings. The Morgan fingerprint density at radius 1 is 0.399 bits per heavy atom. The van der Waals surface area contributed by atoms with Crippen LogP contribution in [-0.4, -0.2) is 308 Å². The first kappa shape index (κ1) is 97.2. The first-order chi connectivity index (χ1) is 68.9. The van der Waals surface area contributed by atoms with E-state index in [4.69, 9.17) is 0 Å². The van der Waals surface area contributed by atoms with Gasteiger partial charge in [-0.15, -0.1) is 10.2 Å². The SMILES string of the molecule is CCN1CCN(C(=O)C23CC4CC(C2)CC(n2cncn2)(C4)C3)CC1.CN1CCN(C(=O)C23CC4CC(C2)CC(n2nc([N+](=O)[O-])nc2Br)(C4)C3)CC1.Cc1ccc(CN2CCN(C(=O)C34CC5CC(C3)CC(n3cnc(Br)n3)(C5)C4)CC2)cc1.Cc1cccc(CN2CCN(C(=O)C34CC5CC(C3)CC(n3cnc(Br)n3)(C5)C4)CC2)c1.O=C(N1CCN2CCCC2C1)C12CC3CC(C1)CC(n1cncn1)(C3)C2. The third-order valence-electron chi connectivity index (χ3n) is 40.4. The Balaban J connectivity index is 0.0000000967. The van der Waals surface area contributed by atoms with Crippen LogP contribution in [0.4, 0.5) is 5.95 Å². The Morgan fingerprint density at radius 2 is 0.762 bits per heavy atom. The monoisotopic (exact) mass is 2140 g/mol. The molecule has 6 aliphatic heterocycles. The van der Waals surface area contributed by atoms with Crippen LogP contribution in [0, 0.1) is 110 Å². The number of carbonyl (C=O) groups excluding carboxylic acids is 5. The topological polar surface area (TPSA) is 314 Å². The van der Waals surface area contributed by atoms with Gasteiger partial charge in [-0.05, 0) is 352 Å². The second-order valence-corrected chi connectivity index (χ2v) is 52.4. The van der Waals surface area contributed by atoms with Gasteiger partial charge in [-0.1, -0.05) is 66.6 Å². The fraction of sp³-hybridized carbons (Fsp3) is 0.748. The molecule has 33 nitrogen and oxygen atoms in total. The average Bonchev–Trinajstić information content (AvgIpc) is 1.69. The van der Waals surface area contributed by atoms with E-state index in [1.54, 1.807) is 17.3 Å². The van der Waals surface area contributed by atoms with Crippen LogP contribution in [0.15, 0.2) is 101 Å². The smallest absolute Gasteiger partial charge is 0.390 e. The molecule has 36 heteroatoms. The lowest BCUT2D eigenvalue weighted by molar-refractivity contribution is -0.394. The number of hydrogen-bond donors (Lipinski definition) is 0. The summed E-state index contributed by atoms with van der Waals surface area (Å²) in [6.45, 7) is 28.3. The fourth-order valence-electron chi connectivity index (χ4n) is 36.5. The molecule has 26 fully saturated rings. The van der Waals surface area contributed by atoms with Gasteiger partial charge in [-0.25, -0.2) is 38.7 Å². The van der Waals surface area contributed by atoms with Gasteiger partial charge in [-0.3, -0.25) is 38.7 Å². The van der Waals surface area contributed by atoms with Gasteiger partial charge < -0.3 is 44.4 Å². The van der Waals surface area contributed by atoms with E-state index in [0.29, 0.717) is 109 Å². The maximum absolute atomic E-state index is 14.0. The van der Waals surface area contributed by atoms with E-state index in [1.165, 1.54) is 93.0 Å². The summed E-state index contributed by atoms with van der Waals surface area (Å²) in [5, 5.41) is 33.8. The lowest BCUT2D eigenvalue weighted by Crippen LogP contribution is -2.63. The first-order valence-electron chi connectivity index (χ1n) is 54.8. The second kappa shape index (κ2) is 37.7. The molecule has 0 radical (unpaired) electrons. The number of carbonyl (C=O) groups is 5. The van der Waals surface area contributed by atoms with Crippen LogP contribution in [0.3, 0.4) is 0 Å². The van der Waals surface area contributed by atoms with E-state index in [-0.39, 0.29) is 60.7 Å². The summed E-state index contributed by atoms with van der Waals surface area (Å²) in [6, 6.07) is 18.2. The van der Waals surface area contributed by atoms with Gasteiger partial charge in [0.05, 0.1) is 54.8 Å². The van der Waals surface area contributed by atoms with Gasteiger partial charge in [0, 0.05) is 165 Å². The number of aromatic nitrogens is 15. The predicted molar refractivity (Wildman–Crippen MR) is 545 cm³/mol. The van der Waals surface area contributed by atoms with Crippen molar-refractivity contribution in [2.24, 2.45) is 86.3 Å². The van der Waals surface area contributed by atoms with Crippen LogP contribution in [0.1, 0.15) is 235 Å². The van der Waals surface area contributed by atoms with Crippen molar-refractivity contribution in [3.63, 3.8) is 0 Å². The Kier molecular flexibility index (Phi) is 25.6. The van der Waals surface area contributed by atoms with Crippen molar-refractivity contribution in [1.82, 2.24) is 123 Å². The normalized spacial score (nSPS) is 37.8. The van der Waals surface area contributed by atoms with Crippen molar-refractivity contribution in [3.05, 3.63) is 133 Å². The van der Waals surface area contributed by atoms with Crippen molar-refractivity contribution in [1.29, 1.82) is 0 Å². The summed E-state index contributed by atoms with van der Waals surface area (Å²) < 4.78 is 11.8. The van der Waals surface area contributed by atoms with E-state index in [9.17, 15) is 34.1 Å². The molecule has 143 heavy (non-hydrogen) atoms. The molecular formula is C107H147Br3N26O7. The van der Waals surface area contributed by atoms with E-state index < -0.39 is 4.92 Å². The van der Waals surface area contributed by atoms with Gasteiger partial charge in [-0.2, -0.15) is 14.9 Å². The van der Waals surface area contributed by atoms with Crippen LogP contribution in [0.5, 0.6) is 0 Å². The number of fused-ring (bicyclic) bond motifs is 1. The minimum absolute atomic E-state index is 0.0218. The largest absolute Gasteiger partial charge is 0.492 e. The number of benzene rings is 2. The zero-order valence-corrected chi connectivity index (χ0v) is 89.2. The van der Waals surface area contributed by atoms with Gasteiger partial charge in [0.15, 0.2) is 0 Å². The molecule has 20 bridgehead atoms. The van der Waals surface area contributed by atoms with E-state index in [2.05, 4.69) is 242 Å². The lowest BCUT2D eigenvalue weighted by Gasteiger charge is -2.61. The Hall–Kier alpha value is -7.87. The molecule has 11 heterocycles. The third-order valence-corrected chi connectivity index (χ3v) is 41.6. The van der Waals surface area contributed by atoms with Crippen molar-refractivity contribution in [2.45, 2.75) is 273 Å². The molecule has 768 valence electrons. The van der Waals surface area contributed by atoms with E-state index >= 15 is 0 Å². The lowest BCUT2D eigenvalue weighted by atomic mass is 9.46. The number of rotatable bonds is 16. The zero-order chi connectivity index (χ0) is 98.0. The number of aryl methyl sites for hydroxylation is 2. The molecule has 20 saturated carbocycles. The maximum Gasteiger partial charge on any atom is 0.492 e.